The van der Waals surface area contributed by atoms with Crippen LogP contribution in [0.25, 0.3) is 0 Å². The van der Waals surface area contributed by atoms with E-state index in [9.17, 15) is 0 Å². The Labute approximate surface area is 97.9 Å². The lowest BCUT2D eigenvalue weighted by molar-refractivity contribution is -0.140. The van der Waals surface area contributed by atoms with Gasteiger partial charge in [-0.1, -0.05) is 30.3 Å². The summed E-state index contributed by atoms with van der Waals surface area (Å²) in [5.41, 5.74) is 2.31. The fraction of sp³-hybridized carbons (Fsp3) is 0.429. The van der Waals surface area contributed by atoms with Crippen molar-refractivity contribution in [1.82, 2.24) is 0 Å². The normalized spacial score (nSPS) is 10.7. The van der Waals surface area contributed by atoms with Gasteiger partial charge in [-0.05, 0) is 25.8 Å². The molecule has 0 N–H and O–H groups in total. The lowest BCUT2D eigenvalue weighted by atomic mass is 10.1. The predicted octanol–water partition coefficient (Wildman–Crippen LogP) is 3.49. The van der Waals surface area contributed by atoms with Crippen LogP contribution < -0.4 is 0 Å². The van der Waals surface area contributed by atoms with Crippen molar-refractivity contribution in [3.8, 4) is 0 Å². The van der Waals surface area contributed by atoms with Gasteiger partial charge in [0, 0.05) is 18.8 Å². The van der Waals surface area contributed by atoms with Crippen LogP contribution in [0.4, 0.5) is 0 Å². The molecule has 0 aromatic heterocycles. The highest BCUT2D eigenvalue weighted by molar-refractivity contribution is 5.25. The van der Waals surface area contributed by atoms with Crippen LogP contribution in [-0.2, 0) is 15.9 Å². The summed E-state index contributed by atoms with van der Waals surface area (Å²) in [7, 11) is 0. The van der Waals surface area contributed by atoms with Crippen molar-refractivity contribution in [3.63, 3.8) is 0 Å². The van der Waals surface area contributed by atoms with Crippen LogP contribution in [0.1, 0.15) is 31.3 Å². The highest BCUT2D eigenvalue weighted by Crippen LogP contribution is 2.20. The van der Waals surface area contributed by atoms with Crippen molar-refractivity contribution in [3.05, 3.63) is 48.0 Å². The Kier molecular flexibility index (Phi) is 5.83. The lowest BCUT2D eigenvalue weighted by Gasteiger charge is -2.17. The fourth-order valence-corrected chi connectivity index (χ4v) is 1.58. The van der Waals surface area contributed by atoms with Crippen molar-refractivity contribution in [1.29, 1.82) is 0 Å². The third-order valence-corrected chi connectivity index (χ3v) is 2.24. The van der Waals surface area contributed by atoms with Gasteiger partial charge in [0.05, 0.1) is 0 Å². The highest BCUT2D eigenvalue weighted by Gasteiger charge is 2.10. The molecule has 2 nitrogen and oxygen atoms in total. The molecular formula is C14H20O2. The molecule has 0 fully saturated rings. The highest BCUT2D eigenvalue weighted by atomic mass is 16.7. The van der Waals surface area contributed by atoms with Gasteiger partial charge in [0.25, 0.3) is 0 Å². The van der Waals surface area contributed by atoms with E-state index < -0.39 is 0 Å². The number of benzene rings is 1. The molecule has 0 unspecified atom stereocenters. The second-order valence-electron chi connectivity index (χ2n) is 3.48. The molecule has 0 aliphatic heterocycles. The van der Waals surface area contributed by atoms with E-state index in [1.807, 2.05) is 32.1 Å². The Balaban J connectivity index is 2.81. The molecule has 0 spiro atoms. The van der Waals surface area contributed by atoms with Crippen molar-refractivity contribution in [2.45, 2.75) is 26.6 Å². The van der Waals surface area contributed by atoms with Gasteiger partial charge in [-0.2, -0.15) is 0 Å². The van der Waals surface area contributed by atoms with E-state index in [1.165, 1.54) is 5.56 Å². The average molecular weight is 220 g/mol. The maximum atomic E-state index is 5.55. The van der Waals surface area contributed by atoms with E-state index in [2.05, 4.69) is 18.7 Å². The van der Waals surface area contributed by atoms with E-state index in [0.717, 1.165) is 12.0 Å². The molecule has 88 valence electrons. The SMILES string of the molecule is C=CCc1cccc(C(OCC)OCC)c1. The van der Waals surface area contributed by atoms with Gasteiger partial charge in [0.15, 0.2) is 6.29 Å². The quantitative estimate of drug-likeness (QED) is 0.517. The van der Waals surface area contributed by atoms with Gasteiger partial charge < -0.3 is 9.47 Å². The van der Waals surface area contributed by atoms with Crippen LogP contribution in [0, 0.1) is 0 Å². The van der Waals surface area contributed by atoms with Gasteiger partial charge in [0.2, 0.25) is 0 Å². The Morgan fingerprint density at radius 1 is 1.25 bits per heavy atom. The summed E-state index contributed by atoms with van der Waals surface area (Å²) in [4.78, 5) is 0. The average Bonchev–Trinajstić information content (AvgIpc) is 2.30. The molecule has 1 rings (SSSR count). The topological polar surface area (TPSA) is 18.5 Å². The summed E-state index contributed by atoms with van der Waals surface area (Å²) in [5, 5.41) is 0. The number of ether oxygens (including phenoxy) is 2. The molecule has 0 atom stereocenters. The Morgan fingerprint density at radius 2 is 1.94 bits per heavy atom. The molecule has 1 aromatic carbocycles. The summed E-state index contributed by atoms with van der Waals surface area (Å²) in [6.45, 7) is 8.98. The fourth-order valence-electron chi connectivity index (χ4n) is 1.58. The minimum atomic E-state index is -0.250. The summed E-state index contributed by atoms with van der Waals surface area (Å²) >= 11 is 0. The first-order valence-corrected chi connectivity index (χ1v) is 5.74. The van der Waals surface area contributed by atoms with Crippen molar-refractivity contribution in [2.24, 2.45) is 0 Å². The molecule has 0 saturated carbocycles. The number of hydrogen-bond acceptors (Lipinski definition) is 2. The Hall–Kier alpha value is -1.12. The van der Waals surface area contributed by atoms with Gasteiger partial charge >= 0.3 is 0 Å². The van der Waals surface area contributed by atoms with Crippen LogP contribution in [0.5, 0.6) is 0 Å². The molecule has 0 radical (unpaired) electrons. The summed E-state index contributed by atoms with van der Waals surface area (Å²) in [5.74, 6) is 0. The smallest absolute Gasteiger partial charge is 0.183 e. The monoisotopic (exact) mass is 220 g/mol. The van der Waals surface area contributed by atoms with Crippen LogP contribution in [0.3, 0.4) is 0 Å². The maximum absolute atomic E-state index is 5.55. The molecule has 0 amide bonds. The second kappa shape index (κ2) is 7.20. The van der Waals surface area contributed by atoms with Crippen molar-refractivity contribution < 1.29 is 9.47 Å². The minimum absolute atomic E-state index is 0.250. The van der Waals surface area contributed by atoms with Crippen LogP contribution in [0.15, 0.2) is 36.9 Å². The molecule has 1 aromatic rings. The van der Waals surface area contributed by atoms with E-state index in [-0.39, 0.29) is 6.29 Å². The molecule has 16 heavy (non-hydrogen) atoms. The summed E-state index contributed by atoms with van der Waals surface area (Å²) < 4.78 is 11.1. The zero-order valence-corrected chi connectivity index (χ0v) is 10.1. The summed E-state index contributed by atoms with van der Waals surface area (Å²) in [6.07, 6.45) is 2.52. The number of allylic oxidation sites excluding steroid dienone is 1. The zero-order chi connectivity index (χ0) is 11.8. The Bertz CT molecular complexity index is 314. The molecule has 0 aliphatic rings. The van der Waals surface area contributed by atoms with Gasteiger partial charge in [-0.25, -0.2) is 0 Å². The van der Waals surface area contributed by atoms with Gasteiger partial charge in [0.1, 0.15) is 0 Å². The molecule has 2 heteroatoms. The first-order chi connectivity index (χ1) is 7.81. The third-order valence-electron chi connectivity index (χ3n) is 2.24. The lowest BCUT2D eigenvalue weighted by Crippen LogP contribution is -2.09. The van der Waals surface area contributed by atoms with Crippen LogP contribution >= 0.6 is 0 Å². The molecule has 0 saturated heterocycles. The van der Waals surface area contributed by atoms with E-state index >= 15 is 0 Å². The van der Waals surface area contributed by atoms with Gasteiger partial charge in [-0.15, -0.1) is 6.58 Å². The summed E-state index contributed by atoms with van der Waals surface area (Å²) in [6, 6.07) is 8.25. The second-order valence-corrected chi connectivity index (χ2v) is 3.48. The third kappa shape index (κ3) is 3.80. The molecule has 0 bridgehead atoms. The predicted molar refractivity (Wildman–Crippen MR) is 66.3 cm³/mol. The van der Waals surface area contributed by atoms with Gasteiger partial charge in [-0.3, -0.25) is 0 Å². The molecule has 0 aliphatic carbocycles. The van der Waals surface area contributed by atoms with Crippen LogP contribution in [0.2, 0.25) is 0 Å². The first kappa shape index (κ1) is 12.9. The minimum Gasteiger partial charge on any atom is -0.349 e. The molecule has 0 heterocycles. The zero-order valence-electron chi connectivity index (χ0n) is 10.1. The Morgan fingerprint density at radius 3 is 2.50 bits per heavy atom. The number of rotatable bonds is 7. The number of hydrogen-bond donors (Lipinski definition) is 0. The van der Waals surface area contributed by atoms with E-state index in [0.29, 0.717) is 13.2 Å². The van der Waals surface area contributed by atoms with Crippen molar-refractivity contribution >= 4 is 0 Å². The van der Waals surface area contributed by atoms with Crippen LogP contribution in [-0.4, -0.2) is 13.2 Å². The van der Waals surface area contributed by atoms with E-state index in [1.54, 1.807) is 0 Å². The standard InChI is InChI=1S/C14H20O2/c1-4-8-12-9-7-10-13(11-12)14(15-5-2)16-6-3/h4,7,9-11,14H,1,5-6,8H2,2-3H3. The molecular weight excluding hydrogens is 200 g/mol. The van der Waals surface area contributed by atoms with Crippen molar-refractivity contribution in [2.75, 3.05) is 13.2 Å². The maximum Gasteiger partial charge on any atom is 0.183 e. The van der Waals surface area contributed by atoms with E-state index in [4.69, 9.17) is 9.47 Å². The largest absolute Gasteiger partial charge is 0.349 e. The first-order valence-electron chi connectivity index (χ1n) is 5.74.